The topological polar surface area (TPSA) is 72.6 Å². The molecule has 2 aromatic carbocycles. The second kappa shape index (κ2) is 7.14. The number of anilines is 2. The van der Waals surface area contributed by atoms with Gasteiger partial charge in [-0.05, 0) is 37.0 Å². The number of sulfonamides is 1. The van der Waals surface area contributed by atoms with Crippen molar-refractivity contribution in [2.45, 2.75) is 30.6 Å². The Morgan fingerprint density at radius 3 is 2.68 bits per heavy atom. The van der Waals surface area contributed by atoms with Crippen LogP contribution in [0.3, 0.4) is 0 Å². The number of hydrogen-bond acceptors (Lipinski definition) is 4. The van der Waals surface area contributed by atoms with Gasteiger partial charge in [0.15, 0.2) is 0 Å². The molecule has 3 rings (SSSR count). The van der Waals surface area contributed by atoms with Crippen LogP contribution in [-0.4, -0.2) is 22.1 Å². The molecule has 0 spiro atoms. The largest absolute Gasteiger partial charge is 0.495 e. The fourth-order valence-corrected chi connectivity index (χ4v) is 4.98. The highest BCUT2D eigenvalue weighted by atomic mass is 35.5. The van der Waals surface area contributed by atoms with Crippen LogP contribution in [0.15, 0.2) is 41.3 Å². The number of benzene rings is 2. The van der Waals surface area contributed by atoms with E-state index in [1.54, 1.807) is 0 Å². The molecule has 1 aliphatic heterocycles. The van der Waals surface area contributed by atoms with Gasteiger partial charge in [0.2, 0.25) is 0 Å². The van der Waals surface area contributed by atoms with Gasteiger partial charge >= 0.3 is 0 Å². The lowest BCUT2D eigenvalue weighted by Gasteiger charge is -2.29. The molecule has 2 aromatic rings. The number of nitrogen functional groups attached to an aromatic ring is 1. The van der Waals surface area contributed by atoms with Gasteiger partial charge in [0.05, 0.1) is 23.5 Å². The third-order valence-corrected chi connectivity index (χ3v) is 6.58. The van der Waals surface area contributed by atoms with Crippen LogP contribution in [0.5, 0.6) is 5.75 Å². The van der Waals surface area contributed by atoms with E-state index in [2.05, 4.69) is 0 Å². The van der Waals surface area contributed by atoms with Gasteiger partial charge in [-0.2, -0.15) is 0 Å². The van der Waals surface area contributed by atoms with Crippen molar-refractivity contribution < 1.29 is 13.2 Å². The maximum atomic E-state index is 13.4. The highest BCUT2D eigenvalue weighted by Crippen LogP contribution is 2.37. The molecule has 7 heteroatoms. The molecule has 134 valence electrons. The summed E-state index contributed by atoms with van der Waals surface area (Å²) in [5.41, 5.74) is 7.81. The molecule has 0 fully saturated rings. The molecule has 1 heterocycles. The van der Waals surface area contributed by atoms with Crippen molar-refractivity contribution in [2.24, 2.45) is 0 Å². The zero-order valence-electron chi connectivity index (χ0n) is 14.0. The number of hydrogen-bond donors (Lipinski definition) is 1. The molecule has 0 bridgehead atoms. The molecule has 0 radical (unpaired) electrons. The van der Waals surface area contributed by atoms with Crippen molar-refractivity contribution in [3.8, 4) is 5.75 Å². The van der Waals surface area contributed by atoms with Crippen molar-refractivity contribution >= 4 is 33.0 Å². The van der Waals surface area contributed by atoms with Crippen molar-refractivity contribution in [3.05, 3.63) is 47.0 Å². The summed E-state index contributed by atoms with van der Waals surface area (Å²) in [6.45, 7) is 0.422. The minimum atomic E-state index is -3.83. The molecule has 0 atom stereocenters. The Bertz CT molecular complexity index is 884. The van der Waals surface area contributed by atoms with E-state index in [-0.39, 0.29) is 21.4 Å². The monoisotopic (exact) mass is 380 g/mol. The molecule has 0 amide bonds. The molecule has 1 aliphatic rings. The average molecular weight is 381 g/mol. The number of ether oxygens (including phenoxy) is 1. The Kier molecular flexibility index (Phi) is 5.11. The first-order valence-electron chi connectivity index (χ1n) is 8.19. The van der Waals surface area contributed by atoms with Gasteiger partial charge in [0, 0.05) is 12.6 Å². The highest BCUT2D eigenvalue weighted by molar-refractivity contribution is 7.93. The van der Waals surface area contributed by atoms with E-state index in [1.807, 2.05) is 24.3 Å². The zero-order chi connectivity index (χ0) is 18.0. The van der Waals surface area contributed by atoms with E-state index in [9.17, 15) is 8.42 Å². The lowest BCUT2D eigenvalue weighted by atomic mass is 10.0. The van der Waals surface area contributed by atoms with E-state index in [1.165, 1.54) is 23.5 Å². The SMILES string of the molecule is COc1cc(Cl)c(N)cc1S(=O)(=O)N1CCCCCc2ccccc21. The first-order valence-corrected chi connectivity index (χ1v) is 10.0. The fourth-order valence-electron chi connectivity index (χ4n) is 3.11. The molecule has 2 N–H and O–H groups in total. The number of fused-ring (bicyclic) bond motifs is 1. The quantitative estimate of drug-likeness (QED) is 0.821. The lowest BCUT2D eigenvalue weighted by molar-refractivity contribution is 0.402. The van der Waals surface area contributed by atoms with Crippen LogP contribution in [0.25, 0.3) is 0 Å². The smallest absolute Gasteiger partial charge is 0.268 e. The average Bonchev–Trinajstić information content (AvgIpc) is 2.57. The van der Waals surface area contributed by atoms with Crippen LogP contribution in [0.1, 0.15) is 24.8 Å². The highest BCUT2D eigenvalue weighted by Gasteiger charge is 2.30. The Morgan fingerprint density at radius 1 is 1.16 bits per heavy atom. The number of rotatable bonds is 3. The van der Waals surface area contributed by atoms with Gasteiger partial charge < -0.3 is 10.5 Å². The van der Waals surface area contributed by atoms with Gasteiger partial charge in [-0.15, -0.1) is 0 Å². The predicted octanol–water partition coefficient (Wildman–Crippen LogP) is 3.85. The summed E-state index contributed by atoms with van der Waals surface area (Å²) in [6, 6.07) is 10.4. The van der Waals surface area contributed by atoms with Gasteiger partial charge in [0.1, 0.15) is 10.6 Å². The van der Waals surface area contributed by atoms with Gasteiger partial charge in [-0.25, -0.2) is 8.42 Å². The molecule has 0 aliphatic carbocycles. The maximum absolute atomic E-state index is 13.4. The zero-order valence-corrected chi connectivity index (χ0v) is 15.6. The van der Waals surface area contributed by atoms with Crippen molar-refractivity contribution in [2.75, 3.05) is 23.7 Å². The Labute approximate surface area is 153 Å². The Morgan fingerprint density at radius 2 is 1.92 bits per heavy atom. The number of para-hydroxylation sites is 1. The van der Waals surface area contributed by atoms with Gasteiger partial charge in [0.25, 0.3) is 10.0 Å². The number of halogens is 1. The summed E-state index contributed by atoms with van der Waals surface area (Å²) >= 11 is 6.02. The summed E-state index contributed by atoms with van der Waals surface area (Å²) in [5.74, 6) is 0.193. The van der Waals surface area contributed by atoms with E-state index in [0.717, 1.165) is 36.9 Å². The van der Waals surface area contributed by atoms with E-state index in [0.29, 0.717) is 6.54 Å². The number of nitrogens with two attached hydrogens (primary N) is 1. The van der Waals surface area contributed by atoms with E-state index in [4.69, 9.17) is 22.1 Å². The van der Waals surface area contributed by atoms with Crippen LogP contribution < -0.4 is 14.8 Å². The number of aryl methyl sites for hydroxylation is 1. The molecule has 0 unspecified atom stereocenters. The Balaban J connectivity index is 2.16. The van der Waals surface area contributed by atoms with Crippen LogP contribution in [0, 0.1) is 0 Å². The van der Waals surface area contributed by atoms with Crippen LogP contribution in [0.2, 0.25) is 5.02 Å². The van der Waals surface area contributed by atoms with Crippen LogP contribution in [0.4, 0.5) is 11.4 Å². The molecular weight excluding hydrogens is 360 g/mol. The molecule has 5 nitrogen and oxygen atoms in total. The van der Waals surface area contributed by atoms with Crippen LogP contribution >= 0.6 is 11.6 Å². The number of methoxy groups -OCH3 is 1. The Hall–Kier alpha value is -1.92. The molecule has 0 saturated carbocycles. The standard InChI is InChI=1S/C18H21ClN2O3S/c1-24-17-11-14(19)15(20)12-18(17)25(22,23)21-10-6-2-3-7-13-8-4-5-9-16(13)21/h4-5,8-9,11-12H,2-3,6-7,10,20H2,1H3. The minimum Gasteiger partial charge on any atom is -0.495 e. The van der Waals surface area contributed by atoms with Crippen molar-refractivity contribution in [1.29, 1.82) is 0 Å². The molecular formula is C18H21ClN2O3S. The molecule has 0 saturated heterocycles. The van der Waals surface area contributed by atoms with Crippen LogP contribution in [-0.2, 0) is 16.4 Å². The summed E-state index contributed by atoms with van der Waals surface area (Å²) in [6.07, 6.45) is 3.71. The summed E-state index contributed by atoms with van der Waals surface area (Å²) in [5, 5.41) is 0.267. The summed E-state index contributed by atoms with van der Waals surface area (Å²) in [7, 11) is -2.41. The van der Waals surface area contributed by atoms with Crippen molar-refractivity contribution in [1.82, 2.24) is 0 Å². The van der Waals surface area contributed by atoms with E-state index < -0.39 is 10.0 Å². The molecule has 25 heavy (non-hydrogen) atoms. The van der Waals surface area contributed by atoms with E-state index >= 15 is 0 Å². The fraction of sp³-hybridized carbons (Fsp3) is 0.333. The third kappa shape index (κ3) is 3.41. The normalized spacial score (nSPS) is 15.2. The third-order valence-electron chi connectivity index (χ3n) is 4.42. The summed E-state index contributed by atoms with van der Waals surface area (Å²) < 4.78 is 33.5. The first kappa shape index (κ1) is 17.9. The first-order chi connectivity index (χ1) is 11.9. The minimum absolute atomic E-state index is 0.0345. The number of nitrogens with zero attached hydrogens (tertiary/aromatic N) is 1. The second-order valence-corrected chi connectivity index (χ2v) is 8.28. The second-order valence-electron chi connectivity index (χ2n) is 6.04. The van der Waals surface area contributed by atoms with Crippen molar-refractivity contribution in [3.63, 3.8) is 0 Å². The molecule has 0 aromatic heterocycles. The van der Waals surface area contributed by atoms with Gasteiger partial charge in [-0.3, -0.25) is 4.31 Å². The predicted molar refractivity (Wildman–Crippen MR) is 101 cm³/mol. The van der Waals surface area contributed by atoms with Gasteiger partial charge in [-0.1, -0.05) is 36.2 Å². The summed E-state index contributed by atoms with van der Waals surface area (Å²) in [4.78, 5) is 0.0345. The maximum Gasteiger partial charge on any atom is 0.268 e. The lowest BCUT2D eigenvalue weighted by Crippen LogP contribution is -2.34.